The first-order valence-corrected chi connectivity index (χ1v) is 6.55. The molecule has 2 aromatic carbocycles. The van der Waals surface area contributed by atoms with Crippen LogP contribution in [0.4, 0.5) is 13.2 Å². The van der Waals surface area contributed by atoms with Crippen molar-refractivity contribution in [3.05, 3.63) is 59.2 Å². The van der Waals surface area contributed by atoms with E-state index < -0.39 is 11.7 Å². The molecule has 0 amide bonds. The number of nitrogens with two attached hydrogens (primary N) is 1. The lowest BCUT2D eigenvalue weighted by Crippen LogP contribution is -2.06. The van der Waals surface area contributed by atoms with Crippen LogP contribution >= 0.6 is 0 Å². The standard InChI is InChI=1S/C16H16F3NO/c1-11-3-2-4-15(14(11)9-10-20)21-13-7-5-12(6-8-13)16(17,18)19/h2-8H,9-10,20H2,1H3. The molecule has 0 aliphatic heterocycles. The monoisotopic (exact) mass is 295 g/mol. The normalized spacial score (nSPS) is 11.5. The average molecular weight is 295 g/mol. The van der Waals surface area contributed by atoms with Crippen LogP contribution in [-0.4, -0.2) is 6.54 Å². The summed E-state index contributed by atoms with van der Waals surface area (Å²) in [6.07, 6.45) is -3.69. The predicted octanol–water partition coefficient (Wildman–Crippen LogP) is 4.31. The van der Waals surface area contributed by atoms with Crippen molar-refractivity contribution in [1.82, 2.24) is 0 Å². The van der Waals surface area contributed by atoms with Gasteiger partial charge in [0.25, 0.3) is 0 Å². The Balaban J connectivity index is 2.24. The highest BCUT2D eigenvalue weighted by Gasteiger charge is 2.30. The predicted molar refractivity (Wildman–Crippen MR) is 75.5 cm³/mol. The quantitative estimate of drug-likeness (QED) is 0.912. The van der Waals surface area contributed by atoms with Gasteiger partial charge in [0, 0.05) is 0 Å². The molecule has 2 aromatic rings. The van der Waals surface area contributed by atoms with Crippen molar-refractivity contribution in [1.29, 1.82) is 0 Å². The second-order valence-electron chi connectivity index (χ2n) is 4.71. The van der Waals surface area contributed by atoms with Gasteiger partial charge in [-0.1, -0.05) is 12.1 Å². The number of benzene rings is 2. The molecule has 2 N–H and O–H groups in total. The van der Waals surface area contributed by atoms with Crippen LogP contribution < -0.4 is 10.5 Å². The highest BCUT2D eigenvalue weighted by Crippen LogP contribution is 2.32. The van der Waals surface area contributed by atoms with Crippen LogP contribution in [0.3, 0.4) is 0 Å². The number of hydrogen-bond donors (Lipinski definition) is 1. The zero-order valence-electron chi connectivity index (χ0n) is 11.6. The first kappa shape index (κ1) is 15.4. The van der Waals surface area contributed by atoms with Gasteiger partial charge in [0.1, 0.15) is 11.5 Å². The van der Waals surface area contributed by atoms with E-state index in [1.807, 2.05) is 19.1 Å². The van der Waals surface area contributed by atoms with Crippen LogP contribution in [0.1, 0.15) is 16.7 Å². The Kier molecular flexibility index (Phi) is 4.53. The third kappa shape index (κ3) is 3.76. The van der Waals surface area contributed by atoms with Crippen LogP contribution in [0.15, 0.2) is 42.5 Å². The molecule has 0 fully saturated rings. The minimum atomic E-state index is -4.34. The van der Waals surface area contributed by atoms with Gasteiger partial charge in [-0.15, -0.1) is 0 Å². The Hall–Kier alpha value is -2.01. The number of aryl methyl sites for hydroxylation is 1. The second kappa shape index (κ2) is 6.18. The van der Waals surface area contributed by atoms with Crippen LogP contribution in [0.5, 0.6) is 11.5 Å². The molecule has 2 rings (SSSR count). The van der Waals surface area contributed by atoms with E-state index in [1.165, 1.54) is 12.1 Å². The minimum absolute atomic E-state index is 0.367. The number of hydrogen-bond acceptors (Lipinski definition) is 2. The molecule has 0 atom stereocenters. The number of rotatable bonds is 4. The summed E-state index contributed by atoms with van der Waals surface area (Å²) in [4.78, 5) is 0. The van der Waals surface area contributed by atoms with Gasteiger partial charge < -0.3 is 10.5 Å². The van der Waals surface area contributed by atoms with Crippen molar-refractivity contribution < 1.29 is 17.9 Å². The van der Waals surface area contributed by atoms with Crippen molar-refractivity contribution in [2.24, 2.45) is 5.73 Å². The zero-order chi connectivity index (χ0) is 15.5. The van der Waals surface area contributed by atoms with E-state index in [2.05, 4.69) is 0 Å². The number of ether oxygens (including phenoxy) is 1. The summed E-state index contributed by atoms with van der Waals surface area (Å²) in [5.41, 5.74) is 6.90. The van der Waals surface area contributed by atoms with Gasteiger partial charge in [-0.25, -0.2) is 0 Å². The Morgan fingerprint density at radius 2 is 1.71 bits per heavy atom. The van der Waals surface area contributed by atoms with E-state index in [9.17, 15) is 13.2 Å². The summed E-state index contributed by atoms with van der Waals surface area (Å²) in [6, 6.07) is 10.2. The van der Waals surface area contributed by atoms with E-state index in [-0.39, 0.29) is 0 Å². The summed E-state index contributed by atoms with van der Waals surface area (Å²) in [5, 5.41) is 0. The lowest BCUT2D eigenvalue weighted by Gasteiger charge is -2.14. The molecule has 21 heavy (non-hydrogen) atoms. The van der Waals surface area contributed by atoms with Gasteiger partial charge in [-0.3, -0.25) is 0 Å². The van der Waals surface area contributed by atoms with Crippen molar-refractivity contribution >= 4 is 0 Å². The zero-order valence-corrected chi connectivity index (χ0v) is 11.6. The maximum Gasteiger partial charge on any atom is 0.416 e. The van der Waals surface area contributed by atoms with Crippen LogP contribution in [0.2, 0.25) is 0 Å². The summed E-state index contributed by atoms with van der Waals surface area (Å²) < 4.78 is 43.2. The van der Waals surface area contributed by atoms with Crippen molar-refractivity contribution in [2.45, 2.75) is 19.5 Å². The summed E-state index contributed by atoms with van der Waals surface area (Å²) in [7, 11) is 0. The molecule has 0 saturated carbocycles. The number of halogens is 3. The fourth-order valence-electron chi connectivity index (χ4n) is 2.07. The first-order valence-electron chi connectivity index (χ1n) is 6.55. The lowest BCUT2D eigenvalue weighted by atomic mass is 10.0. The minimum Gasteiger partial charge on any atom is -0.457 e. The van der Waals surface area contributed by atoms with Gasteiger partial charge in [-0.05, 0) is 61.3 Å². The van der Waals surface area contributed by atoms with Crippen LogP contribution in [0.25, 0.3) is 0 Å². The van der Waals surface area contributed by atoms with E-state index in [0.717, 1.165) is 23.3 Å². The average Bonchev–Trinajstić information content (AvgIpc) is 2.42. The van der Waals surface area contributed by atoms with E-state index >= 15 is 0 Å². The molecule has 0 aliphatic rings. The second-order valence-corrected chi connectivity index (χ2v) is 4.71. The largest absolute Gasteiger partial charge is 0.457 e. The Labute approximate surface area is 121 Å². The van der Waals surface area contributed by atoms with E-state index in [0.29, 0.717) is 24.5 Å². The molecule has 112 valence electrons. The van der Waals surface area contributed by atoms with Crippen molar-refractivity contribution in [3.63, 3.8) is 0 Å². The van der Waals surface area contributed by atoms with Crippen molar-refractivity contribution in [3.8, 4) is 11.5 Å². The molecule has 0 radical (unpaired) electrons. The molecule has 0 aromatic heterocycles. The summed E-state index contributed by atoms with van der Waals surface area (Å²) in [6.45, 7) is 2.43. The smallest absolute Gasteiger partial charge is 0.416 e. The Bertz CT molecular complexity index is 606. The maximum atomic E-state index is 12.5. The van der Waals surface area contributed by atoms with E-state index in [4.69, 9.17) is 10.5 Å². The van der Waals surface area contributed by atoms with Gasteiger partial charge in [0.05, 0.1) is 5.56 Å². The molecule has 0 aliphatic carbocycles. The van der Waals surface area contributed by atoms with E-state index in [1.54, 1.807) is 6.07 Å². The molecule has 0 heterocycles. The molecule has 0 saturated heterocycles. The van der Waals surface area contributed by atoms with Gasteiger partial charge in [0.2, 0.25) is 0 Å². The van der Waals surface area contributed by atoms with Crippen LogP contribution in [0, 0.1) is 6.92 Å². The highest BCUT2D eigenvalue weighted by atomic mass is 19.4. The summed E-state index contributed by atoms with van der Waals surface area (Å²) in [5.74, 6) is 0.993. The number of alkyl halides is 3. The molecule has 0 unspecified atom stereocenters. The molecule has 0 spiro atoms. The maximum absolute atomic E-state index is 12.5. The highest BCUT2D eigenvalue weighted by molar-refractivity contribution is 5.43. The third-order valence-electron chi connectivity index (χ3n) is 3.17. The molecule has 5 heteroatoms. The lowest BCUT2D eigenvalue weighted by molar-refractivity contribution is -0.137. The van der Waals surface area contributed by atoms with Gasteiger partial charge in [-0.2, -0.15) is 13.2 Å². The topological polar surface area (TPSA) is 35.2 Å². The molecular weight excluding hydrogens is 279 g/mol. The molecular formula is C16H16F3NO. The fourth-order valence-corrected chi connectivity index (χ4v) is 2.07. The van der Waals surface area contributed by atoms with Crippen molar-refractivity contribution in [2.75, 3.05) is 6.54 Å². The van der Waals surface area contributed by atoms with Gasteiger partial charge >= 0.3 is 6.18 Å². The third-order valence-corrected chi connectivity index (χ3v) is 3.17. The molecule has 2 nitrogen and oxygen atoms in total. The fraction of sp³-hybridized carbons (Fsp3) is 0.250. The van der Waals surface area contributed by atoms with Gasteiger partial charge in [0.15, 0.2) is 0 Å². The van der Waals surface area contributed by atoms with Crippen LogP contribution in [-0.2, 0) is 12.6 Å². The Morgan fingerprint density at radius 1 is 1.05 bits per heavy atom. The molecule has 0 bridgehead atoms. The SMILES string of the molecule is Cc1cccc(Oc2ccc(C(F)(F)F)cc2)c1CCN. The first-order chi connectivity index (χ1) is 9.91. The Morgan fingerprint density at radius 3 is 2.29 bits per heavy atom. The summed E-state index contributed by atoms with van der Waals surface area (Å²) >= 11 is 0.